The minimum Gasteiger partial charge on any atom is -0.466 e. The molecule has 0 aromatic heterocycles. The Balaban J connectivity index is 3.11. The number of aliphatic hydroxyl groups is 1. The normalized spacial score (nSPS) is 25.2. The van der Waals surface area contributed by atoms with Crippen molar-refractivity contribution in [1.29, 1.82) is 0 Å². The molecule has 1 fully saturated rings. The summed E-state index contributed by atoms with van der Waals surface area (Å²) in [4.78, 5) is 11.9. The van der Waals surface area contributed by atoms with Crippen LogP contribution in [-0.4, -0.2) is 45.1 Å². The third-order valence-electron chi connectivity index (χ3n) is 4.32. The van der Waals surface area contributed by atoms with Gasteiger partial charge in [-0.05, 0) is 19.8 Å². The lowest BCUT2D eigenvalue weighted by Crippen LogP contribution is -2.63. The maximum absolute atomic E-state index is 11.9. The van der Waals surface area contributed by atoms with E-state index in [1.807, 2.05) is 0 Å². The minimum absolute atomic E-state index is 0.0710. The maximum Gasteiger partial charge on any atom is 0.349 e. The second kappa shape index (κ2) is 7.63. The van der Waals surface area contributed by atoms with Crippen LogP contribution in [-0.2, 0) is 18.4 Å². The van der Waals surface area contributed by atoms with Gasteiger partial charge >= 0.3 is 14.5 Å². The van der Waals surface area contributed by atoms with Gasteiger partial charge in [0.25, 0.3) is 0 Å². The highest BCUT2D eigenvalue weighted by atomic mass is 28.4. The van der Waals surface area contributed by atoms with Crippen LogP contribution in [0.5, 0.6) is 0 Å². The van der Waals surface area contributed by atoms with Crippen molar-refractivity contribution in [2.75, 3.05) is 13.2 Å². The molecule has 0 amide bonds. The molecule has 6 heteroatoms. The van der Waals surface area contributed by atoms with E-state index in [4.69, 9.17) is 13.6 Å². The third-order valence-corrected chi connectivity index (χ3v) is 9.60. The van der Waals surface area contributed by atoms with Crippen LogP contribution in [0.2, 0.25) is 10.1 Å². The van der Waals surface area contributed by atoms with E-state index in [1.165, 1.54) is 0 Å². The number of rotatable bonds is 5. The molecule has 0 radical (unpaired) electrons. The summed E-state index contributed by atoms with van der Waals surface area (Å²) in [6.45, 7) is 15.1. The standard InChI is InChI=1S/C17H34O5Si/c1-8-20-15(19)12-14-11-13(9-10-18)21-23(22-14,16(2,3)4)17(5,6)7/h13-14,18H,8-12H2,1-7H3/t13-,14+/m0/s1. The third kappa shape index (κ3) is 4.78. The van der Waals surface area contributed by atoms with Crippen molar-refractivity contribution in [3.63, 3.8) is 0 Å². The van der Waals surface area contributed by atoms with Crippen molar-refractivity contribution in [3.8, 4) is 0 Å². The Morgan fingerprint density at radius 3 is 2.09 bits per heavy atom. The molecule has 1 saturated heterocycles. The second-order valence-electron chi connectivity index (χ2n) is 8.35. The SMILES string of the molecule is CCOC(=O)C[C@H]1C[C@H](CCO)O[Si](C(C)(C)C)(C(C)(C)C)O1. The van der Waals surface area contributed by atoms with Crippen LogP contribution in [0.15, 0.2) is 0 Å². The average Bonchev–Trinajstić information content (AvgIpc) is 2.36. The van der Waals surface area contributed by atoms with E-state index in [0.29, 0.717) is 19.4 Å². The molecule has 1 heterocycles. The Morgan fingerprint density at radius 2 is 1.65 bits per heavy atom. The molecule has 0 spiro atoms. The number of aliphatic hydroxyl groups excluding tert-OH is 1. The van der Waals surface area contributed by atoms with Gasteiger partial charge in [0, 0.05) is 16.7 Å². The van der Waals surface area contributed by atoms with Crippen LogP contribution >= 0.6 is 0 Å². The topological polar surface area (TPSA) is 65.0 Å². The number of hydrogen-bond acceptors (Lipinski definition) is 5. The van der Waals surface area contributed by atoms with Gasteiger partial charge in [-0.3, -0.25) is 4.79 Å². The zero-order valence-electron chi connectivity index (χ0n) is 15.8. The van der Waals surface area contributed by atoms with Gasteiger partial charge in [-0.2, -0.15) is 0 Å². The van der Waals surface area contributed by atoms with E-state index < -0.39 is 8.56 Å². The van der Waals surface area contributed by atoms with Gasteiger partial charge in [0.2, 0.25) is 0 Å². The molecule has 0 bridgehead atoms. The van der Waals surface area contributed by atoms with Crippen molar-refractivity contribution in [2.24, 2.45) is 0 Å². The van der Waals surface area contributed by atoms with Gasteiger partial charge in [0.1, 0.15) is 0 Å². The lowest BCUT2D eigenvalue weighted by atomic mass is 10.1. The van der Waals surface area contributed by atoms with E-state index in [-0.39, 0.29) is 41.3 Å². The van der Waals surface area contributed by atoms with Gasteiger partial charge < -0.3 is 18.7 Å². The molecule has 5 nitrogen and oxygen atoms in total. The first-order chi connectivity index (χ1) is 10.5. The monoisotopic (exact) mass is 346 g/mol. The van der Waals surface area contributed by atoms with E-state index in [9.17, 15) is 9.90 Å². The molecule has 1 aliphatic rings. The number of hydrogen-bond donors (Lipinski definition) is 1. The summed E-state index contributed by atoms with van der Waals surface area (Å²) in [5, 5.41) is 9.06. The van der Waals surface area contributed by atoms with Crippen molar-refractivity contribution in [2.45, 2.75) is 90.0 Å². The van der Waals surface area contributed by atoms with Crippen LogP contribution < -0.4 is 0 Å². The first kappa shape index (κ1) is 20.6. The first-order valence-electron chi connectivity index (χ1n) is 8.59. The fourth-order valence-corrected chi connectivity index (χ4v) is 8.62. The average molecular weight is 347 g/mol. The fraction of sp³-hybridized carbons (Fsp3) is 0.941. The van der Waals surface area contributed by atoms with Crippen molar-refractivity contribution < 1.29 is 23.5 Å². The molecule has 0 aliphatic carbocycles. The number of ether oxygens (including phenoxy) is 1. The van der Waals surface area contributed by atoms with Gasteiger partial charge in [-0.15, -0.1) is 0 Å². The van der Waals surface area contributed by atoms with Crippen LogP contribution in [0.25, 0.3) is 0 Å². The molecule has 0 unspecified atom stereocenters. The molecule has 0 aromatic rings. The van der Waals surface area contributed by atoms with Crippen molar-refractivity contribution >= 4 is 14.5 Å². The number of carbonyl (C=O) groups is 1. The van der Waals surface area contributed by atoms with Crippen molar-refractivity contribution in [1.82, 2.24) is 0 Å². The van der Waals surface area contributed by atoms with E-state index >= 15 is 0 Å². The summed E-state index contributed by atoms with van der Waals surface area (Å²) >= 11 is 0. The van der Waals surface area contributed by atoms with Crippen LogP contribution in [0.3, 0.4) is 0 Å². The highest BCUT2D eigenvalue weighted by Gasteiger charge is 2.62. The predicted octanol–water partition coefficient (Wildman–Crippen LogP) is 3.54. The lowest BCUT2D eigenvalue weighted by molar-refractivity contribution is -0.147. The van der Waals surface area contributed by atoms with Crippen LogP contribution in [0, 0.1) is 0 Å². The Bertz CT molecular complexity index is 383. The molecular weight excluding hydrogens is 312 g/mol. The molecular formula is C17H34O5Si. The first-order valence-corrected chi connectivity index (χ1v) is 10.4. The molecule has 2 atom stereocenters. The Hall–Kier alpha value is -0.433. The lowest BCUT2D eigenvalue weighted by Gasteiger charge is -2.55. The Kier molecular flexibility index (Phi) is 6.84. The molecule has 136 valence electrons. The minimum atomic E-state index is -2.66. The molecule has 1 aliphatic heterocycles. The van der Waals surface area contributed by atoms with Crippen LogP contribution in [0.1, 0.15) is 67.7 Å². The summed E-state index contributed by atoms with van der Waals surface area (Å²) in [6, 6.07) is 0. The maximum atomic E-state index is 11.9. The largest absolute Gasteiger partial charge is 0.466 e. The van der Waals surface area contributed by atoms with Gasteiger partial charge in [0.05, 0.1) is 25.2 Å². The van der Waals surface area contributed by atoms with E-state index in [2.05, 4.69) is 41.5 Å². The highest BCUT2D eigenvalue weighted by Crippen LogP contribution is 2.55. The molecule has 0 aromatic carbocycles. The van der Waals surface area contributed by atoms with Crippen LogP contribution in [0.4, 0.5) is 0 Å². The molecule has 1 rings (SSSR count). The zero-order valence-corrected chi connectivity index (χ0v) is 16.8. The van der Waals surface area contributed by atoms with E-state index in [1.54, 1.807) is 6.92 Å². The van der Waals surface area contributed by atoms with Crippen molar-refractivity contribution in [3.05, 3.63) is 0 Å². The summed E-state index contributed by atoms with van der Waals surface area (Å²) in [5.74, 6) is -0.229. The van der Waals surface area contributed by atoms with Gasteiger partial charge in [0.15, 0.2) is 0 Å². The number of carbonyl (C=O) groups excluding carboxylic acids is 1. The predicted molar refractivity (Wildman–Crippen MR) is 92.5 cm³/mol. The smallest absolute Gasteiger partial charge is 0.349 e. The Morgan fingerprint density at radius 1 is 1.13 bits per heavy atom. The summed E-state index contributed by atoms with van der Waals surface area (Å²) in [5.41, 5.74) is 0. The summed E-state index contributed by atoms with van der Waals surface area (Å²) < 4.78 is 18.1. The van der Waals surface area contributed by atoms with E-state index in [0.717, 1.165) is 0 Å². The molecule has 1 N–H and O–H groups in total. The quantitative estimate of drug-likeness (QED) is 0.609. The fourth-order valence-electron chi connectivity index (χ4n) is 3.57. The Labute approximate surface area is 141 Å². The second-order valence-corrected chi connectivity index (χ2v) is 13.1. The number of esters is 1. The van der Waals surface area contributed by atoms with Gasteiger partial charge in [-0.25, -0.2) is 0 Å². The zero-order chi connectivity index (χ0) is 17.9. The molecule has 23 heavy (non-hydrogen) atoms. The summed E-state index contributed by atoms with van der Waals surface area (Å²) in [6.07, 6.45) is 1.17. The molecule has 0 saturated carbocycles. The highest BCUT2D eigenvalue weighted by molar-refractivity contribution is 6.73. The van der Waals surface area contributed by atoms with Gasteiger partial charge in [-0.1, -0.05) is 41.5 Å². The summed E-state index contributed by atoms with van der Waals surface area (Å²) in [7, 11) is -2.66.